The van der Waals surface area contributed by atoms with Crippen LogP contribution in [-0.4, -0.2) is 24.0 Å². The van der Waals surface area contributed by atoms with Gasteiger partial charge in [-0.3, -0.25) is 4.90 Å². The van der Waals surface area contributed by atoms with Crippen molar-refractivity contribution in [3.8, 4) is 0 Å². The summed E-state index contributed by atoms with van der Waals surface area (Å²) in [7, 11) is 0. The van der Waals surface area contributed by atoms with Gasteiger partial charge in [0.25, 0.3) is 0 Å². The molecule has 1 aromatic heterocycles. The first-order chi connectivity index (χ1) is 6.31. The highest BCUT2D eigenvalue weighted by molar-refractivity contribution is 7.14. The molecule has 2 N–H and O–H groups in total. The largest absolute Gasteiger partial charge is 0.329 e. The molecule has 1 aromatic rings. The number of rotatable bonds is 3. The molecule has 0 aliphatic carbocycles. The Balaban J connectivity index is 1.95. The Morgan fingerprint density at radius 1 is 1.69 bits per heavy atom. The monoisotopic (exact) mass is 216 g/mol. The maximum absolute atomic E-state index is 6.02. The molecule has 0 amide bonds. The standard InChI is InChI=1S/C9H13ClN2S/c10-9-7(2-4-13-9)6-12-3-1-8(12)5-11/h2,4,8H,1,3,5-6,11H2. The van der Waals surface area contributed by atoms with Crippen molar-refractivity contribution in [2.24, 2.45) is 5.73 Å². The fourth-order valence-corrected chi connectivity index (χ4v) is 2.53. The minimum absolute atomic E-state index is 0.580. The first-order valence-corrected chi connectivity index (χ1v) is 5.73. The van der Waals surface area contributed by atoms with Gasteiger partial charge in [0.2, 0.25) is 0 Å². The van der Waals surface area contributed by atoms with E-state index in [1.54, 1.807) is 11.3 Å². The normalized spacial score (nSPS) is 23.1. The molecule has 1 aliphatic rings. The quantitative estimate of drug-likeness (QED) is 0.837. The molecule has 0 bridgehead atoms. The van der Waals surface area contributed by atoms with Crippen LogP contribution in [0.3, 0.4) is 0 Å². The highest BCUT2D eigenvalue weighted by Crippen LogP contribution is 2.27. The van der Waals surface area contributed by atoms with E-state index in [0.717, 1.165) is 24.0 Å². The molecule has 0 radical (unpaired) electrons. The summed E-state index contributed by atoms with van der Waals surface area (Å²) in [5.74, 6) is 0. The fourth-order valence-electron chi connectivity index (χ4n) is 1.62. The first-order valence-electron chi connectivity index (χ1n) is 4.47. The van der Waals surface area contributed by atoms with Gasteiger partial charge in [-0.2, -0.15) is 0 Å². The van der Waals surface area contributed by atoms with E-state index in [2.05, 4.69) is 11.0 Å². The van der Waals surface area contributed by atoms with E-state index in [4.69, 9.17) is 17.3 Å². The molecule has 1 aliphatic heterocycles. The zero-order chi connectivity index (χ0) is 9.26. The van der Waals surface area contributed by atoms with Crippen LogP contribution in [-0.2, 0) is 6.54 Å². The van der Waals surface area contributed by atoms with Crippen molar-refractivity contribution in [1.29, 1.82) is 0 Å². The lowest BCUT2D eigenvalue weighted by Crippen LogP contribution is -2.50. The van der Waals surface area contributed by atoms with Crippen molar-refractivity contribution in [2.75, 3.05) is 13.1 Å². The number of nitrogens with zero attached hydrogens (tertiary/aromatic N) is 1. The van der Waals surface area contributed by atoms with Gasteiger partial charge in [0.15, 0.2) is 0 Å². The van der Waals surface area contributed by atoms with Gasteiger partial charge in [0.1, 0.15) is 0 Å². The van der Waals surface area contributed by atoms with E-state index in [1.165, 1.54) is 12.0 Å². The summed E-state index contributed by atoms with van der Waals surface area (Å²) < 4.78 is 0.919. The second-order valence-corrected chi connectivity index (χ2v) is 4.89. The van der Waals surface area contributed by atoms with Gasteiger partial charge in [-0.25, -0.2) is 0 Å². The minimum atomic E-state index is 0.580. The maximum Gasteiger partial charge on any atom is 0.0973 e. The Labute approximate surface area is 87.3 Å². The van der Waals surface area contributed by atoms with Crippen molar-refractivity contribution >= 4 is 22.9 Å². The Morgan fingerprint density at radius 3 is 3.00 bits per heavy atom. The third kappa shape index (κ3) is 1.89. The lowest BCUT2D eigenvalue weighted by Gasteiger charge is -2.40. The van der Waals surface area contributed by atoms with Crippen LogP contribution in [0.4, 0.5) is 0 Å². The van der Waals surface area contributed by atoms with Crippen molar-refractivity contribution in [1.82, 2.24) is 4.90 Å². The van der Waals surface area contributed by atoms with Crippen molar-refractivity contribution in [3.05, 3.63) is 21.3 Å². The van der Waals surface area contributed by atoms with E-state index in [0.29, 0.717) is 6.04 Å². The number of hydrogen-bond donors (Lipinski definition) is 1. The van der Waals surface area contributed by atoms with Gasteiger partial charge in [-0.1, -0.05) is 11.6 Å². The van der Waals surface area contributed by atoms with Gasteiger partial charge >= 0.3 is 0 Å². The number of halogens is 1. The van der Waals surface area contributed by atoms with Gasteiger partial charge in [0.05, 0.1) is 4.34 Å². The summed E-state index contributed by atoms with van der Waals surface area (Å²) in [5, 5.41) is 2.04. The number of likely N-dealkylation sites (tertiary alicyclic amines) is 1. The third-order valence-corrected chi connectivity index (χ3v) is 3.86. The van der Waals surface area contributed by atoms with E-state index in [9.17, 15) is 0 Å². The summed E-state index contributed by atoms with van der Waals surface area (Å²) in [6, 6.07) is 2.68. The topological polar surface area (TPSA) is 29.3 Å². The Morgan fingerprint density at radius 2 is 2.54 bits per heavy atom. The van der Waals surface area contributed by atoms with Crippen molar-refractivity contribution in [3.63, 3.8) is 0 Å². The van der Waals surface area contributed by atoms with Crippen LogP contribution in [0.2, 0.25) is 4.34 Å². The van der Waals surface area contributed by atoms with Crippen LogP contribution in [0.5, 0.6) is 0 Å². The fraction of sp³-hybridized carbons (Fsp3) is 0.556. The van der Waals surface area contributed by atoms with Crippen molar-refractivity contribution in [2.45, 2.75) is 19.0 Å². The summed E-state index contributed by atoms with van der Waals surface area (Å²) >= 11 is 7.61. The molecule has 1 fully saturated rings. The summed E-state index contributed by atoms with van der Waals surface area (Å²) in [5.41, 5.74) is 6.86. The highest BCUT2D eigenvalue weighted by Gasteiger charge is 2.26. The molecule has 2 heterocycles. The van der Waals surface area contributed by atoms with Crippen LogP contribution >= 0.6 is 22.9 Å². The minimum Gasteiger partial charge on any atom is -0.329 e. The van der Waals surface area contributed by atoms with Crippen LogP contribution in [0.25, 0.3) is 0 Å². The Hall–Kier alpha value is -0.0900. The SMILES string of the molecule is NCC1CCN1Cc1ccsc1Cl. The lowest BCUT2D eigenvalue weighted by molar-refractivity contribution is 0.0884. The molecule has 2 rings (SSSR count). The lowest BCUT2D eigenvalue weighted by atomic mass is 10.0. The van der Waals surface area contributed by atoms with E-state index < -0.39 is 0 Å². The third-order valence-electron chi connectivity index (χ3n) is 2.60. The smallest absolute Gasteiger partial charge is 0.0973 e. The van der Waals surface area contributed by atoms with Gasteiger partial charge in [-0.15, -0.1) is 11.3 Å². The second kappa shape index (κ2) is 3.96. The van der Waals surface area contributed by atoms with E-state index >= 15 is 0 Å². The highest BCUT2D eigenvalue weighted by atomic mass is 35.5. The van der Waals surface area contributed by atoms with Crippen LogP contribution in [0, 0.1) is 0 Å². The zero-order valence-corrected chi connectivity index (χ0v) is 8.94. The molecule has 2 nitrogen and oxygen atoms in total. The van der Waals surface area contributed by atoms with E-state index in [1.807, 2.05) is 5.38 Å². The molecule has 1 unspecified atom stereocenters. The number of thiophene rings is 1. The number of hydrogen-bond acceptors (Lipinski definition) is 3. The molecule has 72 valence electrons. The van der Waals surface area contributed by atoms with Gasteiger partial charge < -0.3 is 5.73 Å². The van der Waals surface area contributed by atoms with E-state index in [-0.39, 0.29) is 0 Å². The van der Waals surface area contributed by atoms with Crippen LogP contribution < -0.4 is 5.73 Å². The van der Waals surface area contributed by atoms with Gasteiger partial charge in [0, 0.05) is 25.7 Å². The maximum atomic E-state index is 6.02. The first kappa shape index (κ1) is 9.46. The molecule has 1 atom stereocenters. The predicted octanol–water partition coefficient (Wildman–Crippen LogP) is 1.93. The second-order valence-electron chi connectivity index (χ2n) is 3.37. The average molecular weight is 217 g/mol. The molecule has 0 saturated carbocycles. The summed E-state index contributed by atoms with van der Waals surface area (Å²) in [6.07, 6.45) is 1.23. The molecular formula is C9H13ClN2S. The molecule has 4 heteroatoms. The zero-order valence-electron chi connectivity index (χ0n) is 7.37. The van der Waals surface area contributed by atoms with Crippen molar-refractivity contribution < 1.29 is 0 Å². The molecular weight excluding hydrogens is 204 g/mol. The molecule has 0 aromatic carbocycles. The molecule has 13 heavy (non-hydrogen) atoms. The Kier molecular flexibility index (Phi) is 2.89. The van der Waals surface area contributed by atoms with Gasteiger partial charge in [-0.05, 0) is 23.4 Å². The van der Waals surface area contributed by atoms with Crippen LogP contribution in [0.15, 0.2) is 11.4 Å². The summed E-state index contributed by atoms with van der Waals surface area (Å²) in [4.78, 5) is 2.38. The number of nitrogens with two attached hydrogens (primary N) is 1. The molecule has 1 saturated heterocycles. The average Bonchev–Trinajstić information content (AvgIpc) is 2.46. The Bertz CT molecular complexity index is 285. The predicted molar refractivity (Wildman–Crippen MR) is 57.2 cm³/mol. The van der Waals surface area contributed by atoms with Crippen LogP contribution in [0.1, 0.15) is 12.0 Å². The molecule has 0 spiro atoms. The summed E-state index contributed by atoms with van der Waals surface area (Å²) in [6.45, 7) is 2.89.